The fourth-order valence-electron chi connectivity index (χ4n) is 2.03. The summed E-state index contributed by atoms with van der Waals surface area (Å²) in [7, 11) is 1.87. The number of hydrazine groups is 1. The van der Waals surface area contributed by atoms with Crippen molar-refractivity contribution in [3.8, 4) is 0 Å². The molecule has 1 aliphatic heterocycles. The Labute approximate surface area is 107 Å². The van der Waals surface area contributed by atoms with Crippen LogP contribution >= 0.6 is 0 Å². The highest BCUT2D eigenvalue weighted by molar-refractivity contribution is 5.71. The molecule has 1 amide bonds. The Kier molecular flexibility index (Phi) is 3.87. The molecule has 0 aromatic heterocycles. The highest BCUT2D eigenvalue weighted by atomic mass is 16.6. The van der Waals surface area contributed by atoms with E-state index in [0.717, 1.165) is 12.1 Å². The van der Waals surface area contributed by atoms with Gasteiger partial charge in [0.05, 0.1) is 5.69 Å². The van der Waals surface area contributed by atoms with Gasteiger partial charge in [-0.05, 0) is 12.1 Å². The average Bonchev–Trinajstić information content (AvgIpc) is 2.40. The third-order valence-corrected chi connectivity index (χ3v) is 3.06. The minimum Gasteiger partial charge on any atom is -0.444 e. The number of nitrogens with zero attached hydrogens (tertiary/aromatic N) is 2. The first-order chi connectivity index (χ1) is 8.72. The monoisotopic (exact) mass is 246 g/mol. The molecule has 18 heavy (non-hydrogen) atoms. The van der Waals surface area contributed by atoms with E-state index >= 15 is 0 Å². The van der Waals surface area contributed by atoms with Gasteiger partial charge < -0.3 is 4.74 Å². The molecule has 1 atom stereocenters. The van der Waals surface area contributed by atoms with Crippen molar-refractivity contribution in [3.05, 3.63) is 43.0 Å². The van der Waals surface area contributed by atoms with Crippen LogP contribution in [0.15, 0.2) is 43.0 Å². The number of carbonyl (C=O) groups excluding carboxylic acids is 1. The number of hydrogen-bond donors (Lipinski definition) is 0. The lowest BCUT2D eigenvalue weighted by atomic mass is 10.1. The van der Waals surface area contributed by atoms with E-state index in [1.807, 2.05) is 42.4 Å². The molecular weight excluding hydrogens is 228 g/mol. The van der Waals surface area contributed by atoms with Gasteiger partial charge in [-0.25, -0.2) is 9.80 Å². The molecule has 1 unspecified atom stereocenters. The van der Waals surface area contributed by atoms with Crippen molar-refractivity contribution in [1.82, 2.24) is 5.01 Å². The molecule has 0 N–H and O–H groups in total. The van der Waals surface area contributed by atoms with E-state index in [-0.39, 0.29) is 12.2 Å². The Hall–Kier alpha value is -1.97. The van der Waals surface area contributed by atoms with Crippen LogP contribution in [0.2, 0.25) is 0 Å². The maximum atomic E-state index is 11.9. The van der Waals surface area contributed by atoms with Gasteiger partial charge in [0.25, 0.3) is 0 Å². The highest BCUT2D eigenvalue weighted by Crippen LogP contribution is 2.20. The first-order valence-electron chi connectivity index (χ1n) is 6.10. The minimum absolute atomic E-state index is 0.0320. The molecule has 0 spiro atoms. The number of carbonyl (C=O) groups is 1. The highest BCUT2D eigenvalue weighted by Gasteiger charge is 2.29. The van der Waals surface area contributed by atoms with Crippen LogP contribution in [-0.4, -0.2) is 30.8 Å². The molecular formula is C14H18N2O2. The van der Waals surface area contributed by atoms with E-state index in [4.69, 9.17) is 4.74 Å². The van der Waals surface area contributed by atoms with Gasteiger partial charge in [-0.3, -0.25) is 5.01 Å². The zero-order valence-electron chi connectivity index (χ0n) is 10.6. The van der Waals surface area contributed by atoms with Gasteiger partial charge in [0.15, 0.2) is 0 Å². The molecule has 1 aromatic carbocycles. The van der Waals surface area contributed by atoms with Crippen molar-refractivity contribution in [2.45, 2.75) is 18.9 Å². The van der Waals surface area contributed by atoms with E-state index < -0.39 is 0 Å². The van der Waals surface area contributed by atoms with Crippen LogP contribution < -0.4 is 5.01 Å². The number of cyclic esters (lactones) is 1. The van der Waals surface area contributed by atoms with Gasteiger partial charge in [0.1, 0.15) is 6.10 Å². The standard InChI is InChI=1S/C14H18N2O2/c1-3-7-13-10-11-16(14(17)18-13)15(2)12-8-5-4-6-9-12/h3-6,8-9,13H,1,7,10-11H2,2H3. The van der Waals surface area contributed by atoms with Gasteiger partial charge in [-0.15, -0.1) is 6.58 Å². The van der Waals surface area contributed by atoms with Gasteiger partial charge in [0, 0.05) is 26.4 Å². The second-order valence-corrected chi connectivity index (χ2v) is 4.30. The van der Waals surface area contributed by atoms with E-state index in [0.29, 0.717) is 13.0 Å². The molecule has 96 valence electrons. The maximum absolute atomic E-state index is 11.9. The van der Waals surface area contributed by atoms with Crippen molar-refractivity contribution in [1.29, 1.82) is 0 Å². The third kappa shape index (κ3) is 2.64. The van der Waals surface area contributed by atoms with Crippen molar-refractivity contribution in [2.75, 3.05) is 18.6 Å². The second kappa shape index (κ2) is 5.58. The number of benzene rings is 1. The largest absolute Gasteiger partial charge is 0.444 e. The summed E-state index contributed by atoms with van der Waals surface area (Å²) in [5.74, 6) is 0. The summed E-state index contributed by atoms with van der Waals surface area (Å²) in [5.41, 5.74) is 0.969. The Balaban J connectivity index is 2.02. The number of hydrogen-bond acceptors (Lipinski definition) is 3. The molecule has 4 nitrogen and oxygen atoms in total. The summed E-state index contributed by atoms with van der Waals surface area (Å²) in [6.07, 6.45) is 3.01. The van der Waals surface area contributed by atoms with E-state index in [1.165, 1.54) is 0 Å². The predicted octanol–water partition coefficient (Wildman–Crippen LogP) is 2.82. The Morgan fingerprint density at radius 1 is 1.50 bits per heavy atom. The predicted molar refractivity (Wildman–Crippen MR) is 71.3 cm³/mol. The molecule has 0 aliphatic carbocycles. The Morgan fingerprint density at radius 2 is 2.22 bits per heavy atom. The molecule has 2 rings (SSSR count). The van der Waals surface area contributed by atoms with Crippen molar-refractivity contribution >= 4 is 11.8 Å². The van der Waals surface area contributed by atoms with E-state index in [1.54, 1.807) is 11.1 Å². The smallest absolute Gasteiger partial charge is 0.429 e. The molecule has 0 radical (unpaired) electrons. The third-order valence-electron chi connectivity index (χ3n) is 3.06. The molecule has 0 saturated carbocycles. The summed E-state index contributed by atoms with van der Waals surface area (Å²) in [4.78, 5) is 11.9. The maximum Gasteiger partial charge on any atom is 0.429 e. The molecule has 1 fully saturated rings. The number of ether oxygens (including phenoxy) is 1. The van der Waals surface area contributed by atoms with Gasteiger partial charge >= 0.3 is 6.09 Å². The summed E-state index contributed by atoms with van der Waals surface area (Å²) in [6.45, 7) is 4.34. The van der Waals surface area contributed by atoms with Crippen molar-refractivity contribution in [2.24, 2.45) is 0 Å². The first kappa shape index (κ1) is 12.5. The second-order valence-electron chi connectivity index (χ2n) is 4.30. The normalized spacial score (nSPS) is 19.3. The minimum atomic E-state index is -0.292. The molecule has 0 bridgehead atoms. The quantitative estimate of drug-likeness (QED) is 0.766. The van der Waals surface area contributed by atoms with Crippen LogP contribution in [0.5, 0.6) is 0 Å². The lowest BCUT2D eigenvalue weighted by Gasteiger charge is -2.37. The lowest BCUT2D eigenvalue weighted by Crippen LogP contribution is -2.50. The first-order valence-corrected chi connectivity index (χ1v) is 6.10. The Morgan fingerprint density at radius 3 is 2.83 bits per heavy atom. The van der Waals surface area contributed by atoms with E-state index in [9.17, 15) is 4.79 Å². The van der Waals surface area contributed by atoms with Crippen LogP contribution in [0, 0.1) is 0 Å². The molecule has 1 aromatic rings. The van der Waals surface area contributed by atoms with Crippen molar-refractivity contribution in [3.63, 3.8) is 0 Å². The lowest BCUT2D eigenvalue weighted by molar-refractivity contribution is 0.0245. The molecule has 1 heterocycles. The summed E-state index contributed by atoms with van der Waals surface area (Å²) in [5, 5.41) is 3.45. The fraction of sp³-hybridized carbons (Fsp3) is 0.357. The number of amides is 1. The SMILES string of the molecule is C=CCC1CCN(N(C)c2ccccc2)C(=O)O1. The number of para-hydroxylation sites is 1. The fourth-order valence-corrected chi connectivity index (χ4v) is 2.03. The van der Waals surface area contributed by atoms with Crippen molar-refractivity contribution < 1.29 is 9.53 Å². The summed E-state index contributed by atoms with van der Waals surface area (Å²) in [6, 6.07) is 9.77. The number of rotatable bonds is 4. The van der Waals surface area contributed by atoms with Crippen LogP contribution in [0.4, 0.5) is 10.5 Å². The number of anilines is 1. The summed E-state index contributed by atoms with van der Waals surface area (Å²) < 4.78 is 5.36. The van der Waals surface area contributed by atoms with Gasteiger partial charge in [-0.1, -0.05) is 24.3 Å². The average molecular weight is 246 g/mol. The molecule has 4 heteroatoms. The van der Waals surface area contributed by atoms with Crippen LogP contribution in [0.1, 0.15) is 12.8 Å². The van der Waals surface area contributed by atoms with Gasteiger partial charge in [0.2, 0.25) is 0 Å². The van der Waals surface area contributed by atoms with E-state index in [2.05, 4.69) is 6.58 Å². The van der Waals surface area contributed by atoms with Gasteiger partial charge in [-0.2, -0.15) is 0 Å². The summed E-state index contributed by atoms with van der Waals surface area (Å²) >= 11 is 0. The van der Waals surface area contributed by atoms with Crippen LogP contribution in [0.3, 0.4) is 0 Å². The zero-order valence-corrected chi connectivity index (χ0v) is 10.6. The molecule has 1 saturated heterocycles. The Bertz CT molecular complexity index is 419. The van der Waals surface area contributed by atoms with Crippen LogP contribution in [-0.2, 0) is 4.74 Å². The van der Waals surface area contributed by atoms with Crippen LogP contribution in [0.25, 0.3) is 0 Å². The topological polar surface area (TPSA) is 32.8 Å². The molecule has 1 aliphatic rings. The zero-order chi connectivity index (χ0) is 13.0.